The minimum Gasteiger partial charge on any atom is -0.490 e. The Labute approximate surface area is 110 Å². The highest BCUT2D eigenvalue weighted by atomic mass is 79.9. The number of ether oxygens (including phenoxy) is 2. The van der Waals surface area contributed by atoms with Gasteiger partial charge in [0.2, 0.25) is 0 Å². The van der Waals surface area contributed by atoms with Crippen LogP contribution < -0.4 is 9.47 Å². The van der Waals surface area contributed by atoms with E-state index in [1.54, 1.807) is 12.1 Å². The molecule has 0 aliphatic heterocycles. The first kappa shape index (κ1) is 13.9. The van der Waals surface area contributed by atoms with Crippen LogP contribution in [0.15, 0.2) is 16.6 Å². The van der Waals surface area contributed by atoms with Gasteiger partial charge in [-0.2, -0.15) is 5.26 Å². The average molecular weight is 298 g/mol. The highest BCUT2D eigenvalue weighted by Crippen LogP contribution is 2.36. The first-order chi connectivity index (χ1) is 8.22. The molecule has 0 saturated carbocycles. The molecule has 0 fully saturated rings. The third-order valence-corrected chi connectivity index (χ3v) is 2.77. The molecule has 0 radical (unpaired) electrons. The summed E-state index contributed by atoms with van der Waals surface area (Å²) in [6.45, 7) is 5.22. The Hall–Kier alpha value is -1.21. The van der Waals surface area contributed by atoms with E-state index in [9.17, 15) is 0 Å². The molecular formula is C13H16BrNO2. The van der Waals surface area contributed by atoms with Gasteiger partial charge in [0.1, 0.15) is 0 Å². The number of benzene rings is 1. The second-order valence-corrected chi connectivity index (χ2v) is 4.39. The van der Waals surface area contributed by atoms with E-state index < -0.39 is 0 Å². The molecule has 0 spiro atoms. The van der Waals surface area contributed by atoms with Gasteiger partial charge in [-0.15, -0.1) is 0 Å². The Morgan fingerprint density at radius 2 is 2.06 bits per heavy atom. The Bertz CT molecular complexity index is 413. The van der Waals surface area contributed by atoms with Crippen LogP contribution in [-0.2, 0) is 0 Å². The van der Waals surface area contributed by atoms with E-state index in [0.29, 0.717) is 30.3 Å². The van der Waals surface area contributed by atoms with Gasteiger partial charge in [-0.05, 0) is 35.3 Å². The smallest absolute Gasteiger partial charge is 0.175 e. The van der Waals surface area contributed by atoms with Crippen LogP contribution in [0.4, 0.5) is 0 Å². The summed E-state index contributed by atoms with van der Waals surface area (Å²) in [6.07, 6.45) is 2.08. The van der Waals surface area contributed by atoms with Crippen molar-refractivity contribution >= 4 is 15.9 Å². The fraction of sp³-hybridized carbons (Fsp3) is 0.462. The van der Waals surface area contributed by atoms with Crippen molar-refractivity contribution in [2.24, 2.45) is 0 Å². The molecule has 0 aliphatic carbocycles. The zero-order chi connectivity index (χ0) is 12.7. The molecule has 0 atom stereocenters. The molecule has 3 nitrogen and oxygen atoms in total. The molecule has 1 aromatic rings. The second-order valence-electron chi connectivity index (χ2n) is 3.53. The maximum absolute atomic E-state index is 8.89. The minimum atomic E-state index is 0.547. The van der Waals surface area contributed by atoms with Crippen molar-refractivity contribution in [3.8, 4) is 17.6 Å². The third kappa shape index (κ3) is 3.94. The van der Waals surface area contributed by atoms with Crippen molar-refractivity contribution in [2.75, 3.05) is 13.2 Å². The number of rotatable bonds is 6. The van der Waals surface area contributed by atoms with Gasteiger partial charge in [0, 0.05) is 6.07 Å². The molecule has 4 heteroatoms. The van der Waals surface area contributed by atoms with E-state index in [-0.39, 0.29) is 0 Å². The Balaban J connectivity index is 2.96. The molecule has 0 N–H and O–H groups in total. The van der Waals surface area contributed by atoms with Crippen molar-refractivity contribution in [1.29, 1.82) is 5.26 Å². The highest BCUT2D eigenvalue weighted by molar-refractivity contribution is 9.10. The van der Waals surface area contributed by atoms with Gasteiger partial charge in [-0.1, -0.05) is 13.3 Å². The molecule has 0 unspecified atom stereocenters. The lowest BCUT2D eigenvalue weighted by Gasteiger charge is -2.13. The van der Waals surface area contributed by atoms with E-state index in [4.69, 9.17) is 14.7 Å². The summed E-state index contributed by atoms with van der Waals surface area (Å²) in [4.78, 5) is 0. The molecule has 0 aliphatic rings. The highest BCUT2D eigenvalue weighted by Gasteiger charge is 2.11. The standard InChI is InChI=1S/C13H16BrNO2/c1-3-5-6-17-13-11(14)7-10(9-15)8-12(13)16-4-2/h7-8H,3-6H2,1-2H3. The van der Waals surface area contributed by atoms with Crippen molar-refractivity contribution < 1.29 is 9.47 Å². The maximum Gasteiger partial charge on any atom is 0.175 e. The molecular weight excluding hydrogens is 282 g/mol. The maximum atomic E-state index is 8.89. The van der Waals surface area contributed by atoms with E-state index in [0.717, 1.165) is 17.3 Å². The fourth-order valence-electron chi connectivity index (χ4n) is 1.35. The molecule has 1 rings (SSSR count). The van der Waals surface area contributed by atoms with Gasteiger partial charge in [0.25, 0.3) is 0 Å². The lowest BCUT2D eigenvalue weighted by Crippen LogP contribution is -2.02. The SMILES string of the molecule is CCCCOc1c(Br)cc(C#N)cc1OCC. The lowest BCUT2D eigenvalue weighted by molar-refractivity contribution is 0.271. The van der Waals surface area contributed by atoms with Gasteiger partial charge >= 0.3 is 0 Å². The number of nitriles is 1. The van der Waals surface area contributed by atoms with Gasteiger partial charge in [0.05, 0.1) is 29.3 Å². The van der Waals surface area contributed by atoms with Gasteiger partial charge < -0.3 is 9.47 Å². The fourth-order valence-corrected chi connectivity index (χ4v) is 1.91. The van der Waals surface area contributed by atoms with Crippen LogP contribution in [0.5, 0.6) is 11.5 Å². The summed E-state index contributed by atoms with van der Waals surface area (Å²) in [5.41, 5.74) is 0.558. The zero-order valence-electron chi connectivity index (χ0n) is 10.1. The molecule has 0 saturated heterocycles. The van der Waals surface area contributed by atoms with Crippen LogP contribution in [0, 0.1) is 11.3 Å². The van der Waals surface area contributed by atoms with Crippen LogP contribution in [0.1, 0.15) is 32.3 Å². The Morgan fingerprint density at radius 3 is 2.65 bits per heavy atom. The van der Waals surface area contributed by atoms with E-state index in [2.05, 4.69) is 28.9 Å². The summed E-state index contributed by atoms with van der Waals surface area (Å²) < 4.78 is 11.9. The van der Waals surface area contributed by atoms with E-state index in [1.165, 1.54) is 0 Å². The molecule has 0 aromatic heterocycles. The predicted molar refractivity (Wildman–Crippen MR) is 70.4 cm³/mol. The Kier molecular flexibility index (Phi) is 5.85. The number of halogens is 1. The van der Waals surface area contributed by atoms with E-state index >= 15 is 0 Å². The molecule has 17 heavy (non-hydrogen) atoms. The largest absolute Gasteiger partial charge is 0.490 e. The second kappa shape index (κ2) is 7.18. The normalized spacial score (nSPS) is 9.76. The van der Waals surface area contributed by atoms with Crippen molar-refractivity contribution in [1.82, 2.24) is 0 Å². The average Bonchev–Trinajstić information content (AvgIpc) is 2.32. The summed E-state index contributed by atoms with van der Waals surface area (Å²) in [6, 6.07) is 5.54. The summed E-state index contributed by atoms with van der Waals surface area (Å²) in [5.74, 6) is 1.30. The molecule has 0 bridgehead atoms. The Morgan fingerprint density at radius 1 is 1.29 bits per heavy atom. The van der Waals surface area contributed by atoms with Crippen LogP contribution in [0.25, 0.3) is 0 Å². The molecule has 0 heterocycles. The molecule has 1 aromatic carbocycles. The third-order valence-electron chi connectivity index (χ3n) is 2.18. The zero-order valence-corrected chi connectivity index (χ0v) is 11.7. The van der Waals surface area contributed by atoms with Crippen LogP contribution >= 0.6 is 15.9 Å². The van der Waals surface area contributed by atoms with Crippen molar-refractivity contribution in [2.45, 2.75) is 26.7 Å². The van der Waals surface area contributed by atoms with Gasteiger partial charge in [-0.3, -0.25) is 0 Å². The topological polar surface area (TPSA) is 42.2 Å². The summed E-state index contributed by atoms with van der Waals surface area (Å²) in [7, 11) is 0. The number of nitrogens with zero attached hydrogens (tertiary/aromatic N) is 1. The summed E-state index contributed by atoms with van der Waals surface area (Å²) in [5, 5.41) is 8.89. The lowest BCUT2D eigenvalue weighted by atomic mass is 10.2. The monoisotopic (exact) mass is 297 g/mol. The summed E-state index contributed by atoms with van der Waals surface area (Å²) >= 11 is 3.40. The van der Waals surface area contributed by atoms with Crippen molar-refractivity contribution in [3.63, 3.8) is 0 Å². The first-order valence-electron chi connectivity index (χ1n) is 5.72. The van der Waals surface area contributed by atoms with Crippen LogP contribution in [0.2, 0.25) is 0 Å². The van der Waals surface area contributed by atoms with Crippen LogP contribution in [0.3, 0.4) is 0 Å². The number of hydrogen-bond donors (Lipinski definition) is 0. The van der Waals surface area contributed by atoms with Crippen LogP contribution in [-0.4, -0.2) is 13.2 Å². The molecule has 0 amide bonds. The first-order valence-corrected chi connectivity index (χ1v) is 6.51. The van der Waals surface area contributed by atoms with Crippen molar-refractivity contribution in [3.05, 3.63) is 22.2 Å². The predicted octanol–water partition coefficient (Wildman–Crippen LogP) is 3.90. The molecule has 92 valence electrons. The number of hydrogen-bond acceptors (Lipinski definition) is 3. The van der Waals surface area contributed by atoms with Gasteiger partial charge in [0.15, 0.2) is 11.5 Å². The number of unbranched alkanes of at least 4 members (excludes halogenated alkanes) is 1. The van der Waals surface area contributed by atoms with Gasteiger partial charge in [-0.25, -0.2) is 0 Å². The quantitative estimate of drug-likeness (QED) is 0.748. The minimum absolute atomic E-state index is 0.547. The van der Waals surface area contributed by atoms with E-state index in [1.807, 2.05) is 6.92 Å².